The quantitative estimate of drug-likeness (QED) is 0.179. The molecule has 2 N–H and O–H groups in total. The van der Waals surface area contributed by atoms with E-state index >= 15 is 0 Å². The van der Waals surface area contributed by atoms with Crippen molar-refractivity contribution in [2.24, 2.45) is 11.8 Å². The summed E-state index contributed by atoms with van der Waals surface area (Å²) in [6.07, 6.45) is 3.44. The number of aliphatic hydroxyl groups excluding tert-OH is 1. The van der Waals surface area contributed by atoms with E-state index in [1.54, 1.807) is 24.0 Å². The number of hydrogen-bond acceptors (Lipinski definition) is 7. The van der Waals surface area contributed by atoms with Crippen LogP contribution in [-0.2, 0) is 28.7 Å². The first-order chi connectivity index (χ1) is 20.5. The summed E-state index contributed by atoms with van der Waals surface area (Å²) in [5.41, 5.74) is 1.32. The van der Waals surface area contributed by atoms with Crippen LogP contribution in [0.5, 0.6) is 0 Å². The van der Waals surface area contributed by atoms with Crippen LogP contribution in [0.1, 0.15) is 43.7 Å². The Labute approximate surface area is 261 Å². The molecule has 1 spiro atoms. The maximum atomic E-state index is 14.6. The van der Waals surface area contributed by atoms with Crippen LogP contribution in [0.3, 0.4) is 0 Å². The summed E-state index contributed by atoms with van der Waals surface area (Å²) < 4.78 is 12.3. The smallest absolute Gasteiger partial charge is 0.312 e. The van der Waals surface area contributed by atoms with Crippen LogP contribution >= 0.6 is 15.9 Å². The molecule has 3 amide bonds. The standard InChI is InChI=1S/C32H42BrN3O7/c1-6-8-10-24(38)34-18-21(5)42-31(41)25-26-29(39)36(14-9-15-37)28(32(26)17-22(33)27(25)43-32)30(40)35(13-7-2)23-16-19(3)11-12-20(23)4/h6-7,11-12,16,21-22,25-28,37H,1-2,8-10,13-15,17-18H2,3-5H3,(H,34,38)/t21-,22?,25-,26+,27-,28-,32+/m0/s1. The first-order valence-electron chi connectivity index (χ1n) is 14.8. The highest BCUT2D eigenvalue weighted by molar-refractivity contribution is 9.09. The number of allylic oxidation sites excluding steroid dienone is 1. The zero-order chi connectivity index (χ0) is 31.5. The molecule has 0 radical (unpaired) electrons. The number of amides is 3. The van der Waals surface area contributed by atoms with E-state index in [2.05, 4.69) is 34.4 Å². The van der Waals surface area contributed by atoms with Crippen LogP contribution in [0.25, 0.3) is 0 Å². The minimum atomic E-state index is -1.26. The molecule has 1 aromatic rings. The molecule has 0 aliphatic carbocycles. The van der Waals surface area contributed by atoms with Crippen molar-refractivity contribution in [2.45, 2.75) is 75.1 Å². The van der Waals surface area contributed by atoms with Gasteiger partial charge in [0.1, 0.15) is 17.7 Å². The number of benzene rings is 1. The maximum absolute atomic E-state index is 14.6. The second-order valence-corrected chi connectivity index (χ2v) is 12.9. The molecule has 3 fully saturated rings. The Hall–Kier alpha value is -3.02. The number of esters is 1. The highest BCUT2D eigenvalue weighted by Crippen LogP contribution is 2.60. The number of carbonyl (C=O) groups is 4. The summed E-state index contributed by atoms with van der Waals surface area (Å²) >= 11 is 3.67. The second-order valence-electron chi connectivity index (χ2n) is 11.7. The molecule has 3 aliphatic heterocycles. The molecule has 10 nitrogen and oxygen atoms in total. The lowest BCUT2D eigenvalue weighted by molar-refractivity contribution is -0.159. The van der Waals surface area contributed by atoms with Crippen LogP contribution in [-0.4, -0.2) is 88.6 Å². The minimum absolute atomic E-state index is 0.123. The van der Waals surface area contributed by atoms with Crippen molar-refractivity contribution >= 4 is 45.3 Å². The fourth-order valence-corrected chi connectivity index (χ4v) is 7.59. The number of fused-ring (bicyclic) bond motifs is 1. The van der Waals surface area contributed by atoms with E-state index in [4.69, 9.17) is 9.47 Å². The van der Waals surface area contributed by atoms with Gasteiger partial charge in [-0.1, -0.05) is 40.2 Å². The number of ether oxygens (including phenoxy) is 2. The number of aliphatic hydroxyl groups is 1. The predicted octanol–water partition coefficient (Wildman–Crippen LogP) is 2.97. The zero-order valence-corrected chi connectivity index (χ0v) is 26.7. The second kappa shape index (κ2) is 13.7. The van der Waals surface area contributed by atoms with E-state index in [1.165, 1.54) is 4.90 Å². The first-order valence-corrected chi connectivity index (χ1v) is 15.7. The number of carbonyl (C=O) groups excluding carboxylic acids is 4. The Morgan fingerprint density at radius 1 is 1.30 bits per heavy atom. The molecule has 1 aromatic carbocycles. The number of alkyl halides is 1. The number of hydrogen-bond donors (Lipinski definition) is 2. The molecular formula is C32H42BrN3O7. The summed E-state index contributed by atoms with van der Waals surface area (Å²) in [5, 5.41) is 12.4. The zero-order valence-electron chi connectivity index (χ0n) is 25.1. The van der Waals surface area contributed by atoms with Gasteiger partial charge in [0.15, 0.2) is 0 Å². The minimum Gasteiger partial charge on any atom is -0.460 e. The monoisotopic (exact) mass is 659 g/mol. The number of likely N-dealkylation sites (tertiary alicyclic amines) is 1. The molecule has 0 saturated carbocycles. The van der Waals surface area contributed by atoms with E-state index in [0.717, 1.165) is 11.1 Å². The maximum Gasteiger partial charge on any atom is 0.312 e. The number of aryl methyl sites for hydroxylation is 2. The average molecular weight is 661 g/mol. The van der Waals surface area contributed by atoms with Crippen molar-refractivity contribution in [1.29, 1.82) is 0 Å². The van der Waals surface area contributed by atoms with Crippen LogP contribution < -0.4 is 10.2 Å². The summed E-state index contributed by atoms with van der Waals surface area (Å²) in [6, 6.07) is 4.83. The lowest BCUT2D eigenvalue weighted by Crippen LogP contribution is -2.57. The number of rotatable bonds is 14. The third kappa shape index (κ3) is 6.30. The van der Waals surface area contributed by atoms with E-state index in [9.17, 15) is 24.3 Å². The Balaban J connectivity index is 1.65. The Morgan fingerprint density at radius 3 is 2.72 bits per heavy atom. The van der Waals surface area contributed by atoms with Gasteiger partial charge >= 0.3 is 5.97 Å². The summed E-state index contributed by atoms with van der Waals surface area (Å²) in [5.74, 6) is -3.33. The van der Waals surface area contributed by atoms with Gasteiger partial charge in [0.25, 0.3) is 5.91 Å². The van der Waals surface area contributed by atoms with E-state index in [1.807, 2.05) is 32.0 Å². The molecule has 3 saturated heterocycles. The van der Waals surface area contributed by atoms with Gasteiger partial charge in [-0.05, 0) is 57.2 Å². The average Bonchev–Trinajstić information content (AvgIpc) is 3.56. The van der Waals surface area contributed by atoms with Gasteiger partial charge in [0, 0.05) is 36.6 Å². The van der Waals surface area contributed by atoms with Crippen molar-refractivity contribution in [3.05, 3.63) is 54.6 Å². The number of nitrogens with one attached hydrogen (secondary N) is 1. The van der Waals surface area contributed by atoms with Gasteiger partial charge in [-0.15, -0.1) is 13.2 Å². The van der Waals surface area contributed by atoms with Gasteiger partial charge in [-0.25, -0.2) is 0 Å². The Kier molecular flexibility index (Phi) is 10.5. The van der Waals surface area contributed by atoms with E-state index in [0.29, 0.717) is 18.5 Å². The number of nitrogens with zero attached hydrogens (tertiary/aromatic N) is 2. The van der Waals surface area contributed by atoms with Crippen LogP contribution in [0.4, 0.5) is 5.69 Å². The summed E-state index contributed by atoms with van der Waals surface area (Å²) in [6.45, 7) is 13.3. The van der Waals surface area contributed by atoms with Gasteiger partial charge in [-0.2, -0.15) is 0 Å². The summed E-state index contributed by atoms with van der Waals surface area (Å²) in [7, 11) is 0. The van der Waals surface area contributed by atoms with Crippen LogP contribution in [0.2, 0.25) is 0 Å². The molecule has 234 valence electrons. The third-order valence-corrected chi connectivity index (χ3v) is 9.41. The topological polar surface area (TPSA) is 125 Å². The van der Waals surface area contributed by atoms with Crippen LogP contribution in [0.15, 0.2) is 43.5 Å². The van der Waals surface area contributed by atoms with Crippen molar-refractivity contribution < 1.29 is 33.8 Å². The highest BCUT2D eigenvalue weighted by atomic mass is 79.9. The number of anilines is 1. The van der Waals surface area contributed by atoms with Gasteiger partial charge in [0.2, 0.25) is 11.8 Å². The fourth-order valence-electron chi connectivity index (χ4n) is 6.65. The first kappa shape index (κ1) is 32.9. The molecule has 11 heteroatoms. The molecule has 3 heterocycles. The Morgan fingerprint density at radius 2 is 2.05 bits per heavy atom. The van der Waals surface area contributed by atoms with Crippen molar-refractivity contribution in [1.82, 2.24) is 10.2 Å². The van der Waals surface area contributed by atoms with Crippen molar-refractivity contribution in [3.63, 3.8) is 0 Å². The van der Waals surface area contributed by atoms with Gasteiger partial charge in [-0.3, -0.25) is 19.2 Å². The normalized spacial score (nSPS) is 27.9. The summed E-state index contributed by atoms with van der Waals surface area (Å²) in [4.78, 5) is 57.2. The lowest BCUT2D eigenvalue weighted by Gasteiger charge is -2.37. The molecule has 0 aromatic heterocycles. The van der Waals surface area contributed by atoms with E-state index < -0.39 is 41.7 Å². The Bertz CT molecular complexity index is 1270. The molecular weight excluding hydrogens is 618 g/mol. The molecule has 7 atom stereocenters. The lowest BCUT2D eigenvalue weighted by atomic mass is 9.70. The predicted molar refractivity (Wildman–Crippen MR) is 166 cm³/mol. The van der Waals surface area contributed by atoms with Gasteiger partial charge < -0.3 is 29.7 Å². The third-order valence-electron chi connectivity index (χ3n) is 8.57. The molecule has 43 heavy (non-hydrogen) atoms. The molecule has 3 aliphatic rings. The van der Waals surface area contributed by atoms with Crippen molar-refractivity contribution in [2.75, 3.05) is 31.1 Å². The largest absolute Gasteiger partial charge is 0.460 e. The number of halogens is 1. The molecule has 1 unspecified atom stereocenters. The SMILES string of the molecule is C=CCCC(=O)NC[C@H](C)OC(=O)[C@@H]1[C@H]2O[C@@]3(CC2Br)[C@H](C(=O)N(CC=C)c2cc(C)ccc2C)N(CCCO)C(=O)[C@@H]13. The highest BCUT2D eigenvalue weighted by Gasteiger charge is 2.77. The fraction of sp³-hybridized carbons (Fsp3) is 0.562. The van der Waals surface area contributed by atoms with E-state index in [-0.39, 0.29) is 61.6 Å². The van der Waals surface area contributed by atoms with Gasteiger partial charge in [0.05, 0.1) is 24.5 Å². The van der Waals surface area contributed by atoms with Crippen LogP contribution in [0, 0.1) is 25.7 Å². The van der Waals surface area contributed by atoms with Crippen molar-refractivity contribution in [3.8, 4) is 0 Å². The molecule has 4 rings (SSSR count). The molecule has 2 bridgehead atoms.